The van der Waals surface area contributed by atoms with E-state index in [0.717, 1.165) is 35.1 Å². The van der Waals surface area contributed by atoms with E-state index in [4.69, 9.17) is 30.8 Å². The molecule has 2 aliphatic heterocycles. The largest absolute Gasteiger partial charge is 0.439 e. The number of ether oxygens (including phenoxy) is 1. The van der Waals surface area contributed by atoms with Crippen LogP contribution in [0.2, 0.25) is 5.02 Å². The van der Waals surface area contributed by atoms with Crippen LogP contribution in [0.5, 0.6) is 0 Å². The van der Waals surface area contributed by atoms with E-state index in [2.05, 4.69) is 39.4 Å². The van der Waals surface area contributed by atoms with Crippen LogP contribution in [-0.2, 0) is 4.74 Å². The Bertz CT molecular complexity index is 1490. The average Bonchev–Trinajstić information content (AvgIpc) is 3.54. The van der Waals surface area contributed by atoms with Crippen molar-refractivity contribution in [2.75, 3.05) is 13.7 Å². The summed E-state index contributed by atoms with van der Waals surface area (Å²) in [5.41, 5.74) is 3.51. The Labute approximate surface area is 231 Å². The van der Waals surface area contributed by atoms with Crippen LogP contribution in [0.15, 0.2) is 79.6 Å². The van der Waals surface area contributed by atoms with Crippen LogP contribution in [0.1, 0.15) is 55.7 Å². The molecule has 0 amide bonds. The standard InChI is InChI=1S/C29H31ClN6O3/c1-17-11-13-18(14-12-17)16-36-23-22(20-9-6-10-21(30)15-20)31-26(27-34-29(37)39-35-27)32-25(23)33-28(36)24(38-2)19-7-4-3-5-8-19/h3-10,15,17-18,24-25H,11-14,16H2,1-2H3,(H,31,32)(H,34,35,37)/t17-,18-,24?,25-/m0/s1. The van der Waals surface area contributed by atoms with Crippen LogP contribution in [0.25, 0.3) is 5.70 Å². The monoisotopic (exact) mass is 546 g/mol. The molecule has 0 saturated heterocycles. The zero-order valence-corrected chi connectivity index (χ0v) is 22.7. The lowest BCUT2D eigenvalue weighted by Crippen LogP contribution is -2.43. The Morgan fingerprint density at radius 1 is 1.13 bits per heavy atom. The second kappa shape index (κ2) is 10.8. The van der Waals surface area contributed by atoms with Gasteiger partial charge in [0.15, 0.2) is 12.0 Å². The number of halogens is 1. The van der Waals surface area contributed by atoms with E-state index in [1.54, 1.807) is 7.11 Å². The van der Waals surface area contributed by atoms with E-state index in [-0.39, 0.29) is 11.9 Å². The van der Waals surface area contributed by atoms with Gasteiger partial charge in [0.25, 0.3) is 0 Å². The zero-order chi connectivity index (χ0) is 26.9. The molecule has 1 aromatic heterocycles. The van der Waals surface area contributed by atoms with Crippen molar-refractivity contribution in [1.82, 2.24) is 20.4 Å². The summed E-state index contributed by atoms with van der Waals surface area (Å²) in [6.45, 7) is 3.14. The predicted octanol–water partition coefficient (Wildman–Crippen LogP) is 4.99. The first kappa shape index (κ1) is 25.6. The number of hydrogen-bond donors (Lipinski definition) is 2. The molecule has 10 heteroatoms. The van der Waals surface area contributed by atoms with E-state index in [0.29, 0.717) is 22.5 Å². The molecule has 1 aliphatic carbocycles. The van der Waals surface area contributed by atoms with Gasteiger partial charge in [0.1, 0.15) is 11.9 Å². The van der Waals surface area contributed by atoms with Crippen molar-refractivity contribution in [2.45, 2.75) is 44.9 Å². The van der Waals surface area contributed by atoms with Gasteiger partial charge in [-0.25, -0.2) is 14.8 Å². The van der Waals surface area contributed by atoms with Gasteiger partial charge in [0.2, 0.25) is 5.82 Å². The molecule has 0 bridgehead atoms. The minimum atomic E-state index is -0.652. The second-order valence-electron chi connectivity index (χ2n) is 10.4. The fourth-order valence-electron chi connectivity index (χ4n) is 5.71. The predicted molar refractivity (Wildman–Crippen MR) is 150 cm³/mol. The number of H-pyrrole nitrogens is 1. The molecule has 2 N–H and O–H groups in total. The number of methoxy groups -OCH3 is 1. The SMILES string of the molecule is COC(C1=N[C@@H]2NC(c3noc(=O)[nH]3)=NC(c3cccc(Cl)c3)=C2N1C[C@H]1CC[C@H](C)CC1)c1ccccc1. The lowest BCUT2D eigenvalue weighted by molar-refractivity contribution is 0.145. The number of hydrogen-bond acceptors (Lipinski definition) is 8. The number of nitrogens with one attached hydrogen (secondary N) is 2. The molecule has 1 saturated carbocycles. The highest BCUT2D eigenvalue weighted by atomic mass is 35.5. The second-order valence-corrected chi connectivity index (χ2v) is 10.9. The van der Waals surface area contributed by atoms with Gasteiger partial charge in [-0.05, 0) is 42.4 Å². The minimum Gasteiger partial charge on any atom is -0.369 e. The number of rotatable bonds is 7. The van der Waals surface area contributed by atoms with Crippen molar-refractivity contribution >= 4 is 29.0 Å². The Morgan fingerprint density at radius 3 is 2.62 bits per heavy atom. The summed E-state index contributed by atoms with van der Waals surface area (Å²) in [7, 11) is 1.71. The van der Waals surface area contributed by atoms with Gasteiger partial charge in [0, 0.05) is 24.2 Å². The van der Waals surface area contributed by atoms with Crippen molar-refractivity contribution in [2.24, 2.45) is 21.8 Å². The Kier molecular flexibility index (Phi) is 7.10. The quantitative estimate of drug-likeness (QED) is 0.432. The number of aromatic amines is 1. The third kappa shape index (κ3) is 5.16. The molecule has 202 valence electrons. The van der Waals surface area contributed by atoms with Crippen LogP contribution in [0.4, 0.5) is 0 Å². The first-order valence-electron chi connectivity index (χ1n) is 13.3. The fraction of sp³-hybridized carbons (Fsp3) is 0.379. The molecule has 0 spiro atoms. The van der Waals surface area contributed by atoms with E-state index in [1.165, 1.54) is 25.7 Å². The molecule has 0 radical (unpaired) electrons. The first-order valence-corrected chi connectivity index (χ1v) is 13.7. The number of aromatic nitrogens is 2. The molecule has 9 nitrogen and oxygen atoms in total. The molecule has 1 fully saturated rings. The summed E-state index contributed by atoms with van der Waals surface area (Å²) in [5, 5.41) is 7.85. The van der Waals surface area contributed by atoms with E-state index in [1.807, 2.05) is 42.5 Å². The van der Waals surface area contributed by atoms with Gasteiger partial charge in [-0.2, -0.15) is 0 Å². The van der Waals surface area contributed by atoms with Gasteiger partial charge in [-0.3, -0.25) is 9.51 Å². The summed E-state index contributed by atoms with van der Waals surface area (Å²) in [4.78, 5) is 26.8. The smallest absolute Gasteiger partial charge is 0.369 e. The highest BCUT2D eigenvalue weighted by Crippen LogP contribution is 2.39. The normalized spacial score (nSPS) is 23.7. The maximum atomic E-state index is 11.7. The van der Waals surface area contributed by atoms with E-state index < -0.39 is 11.9 Å². The van der Waals surface area contributed by atoms with Gasteiger partial charge >= 0.3 is 5.76 Å². The van der Waals surface area contributed by atoms with Crippen molar-refractivity contribution in [3.05, 3.63) is 92.8 Å². The lowest BCUT2D eigenvalue weighted by Gasteiger charge is -2.35. The third-order valence-corrected chi connectivity index (χ3v) is 7.97. The summed E-state index contributed by atoms with van der Waals surface area (Å²) in [6, 6.07) is 17.7. The summed E-state index contributed by atoms with van der Waals surface area (Å²) < 4.78 is 10.9. The minimum absolute atomic E-state index is 0.210. The van der Waals surface area contributed by atoms with Crippen LogP contribution < -0.4 is 11.1 Å². The maximum absolute atomic E-state index is 11.7. The van der Waals surface area contributed by atoms with Crippen LogP contribution in [-0.4, -0.2) is 46.5 Å². The summed E-state index contributed by atoms with van der Waals surface area (Å²) >= 11 is 6.43. The highest BCUT2D eigenvalue weighted by Gasteiger charge is 2.42. The Hall–Kier alpha value is -3.69. The molecule has 6 rings (SSSR count). The molecular weight excluding hydrogens is 516 g/mol. The number of aliphatic imine (C=N–C) groups is 2. The van der Waals surface area contributed by atoms with Gasteiger partial charge in [0.05, 0.1) is 11.4 Å². The van der Waals surface area contributed by atoms with Gasteiger partial charge in [-0.15, -0.1) is 0 Å². The summed E-state index contributed by atoms with van der Waals surface area (Å²) in [6.07, 6.45) is 3.94. The zero-order valence-electron chi connectivity index (χ0n) is 21.9. The van der Waals surface area contributed by atoms with Crippen LogP contribution in [0.3, 0.4) is 0 Å². The molecule has 39 heavy (non-hydrogen) atoms. The highest BCUT2D eigenvalue weighted by molar-refractivity contribution is 6.30. The molecule has 2 atom stereocenters. The molecule has 1 unspecified atom stereocenters. The van der Waals surface area contributed by atoms with Crippen molar-refractivity contribution in [3.8, 4) is 0 Å². The molecule has 3 aliphatic rings. The van der Waals surface area contributed by atoms with Crippen molar-refractivity contribution in [3.63, 3.8) is 0 Å². The average molecular weight is 547 g/mol. The fourth-order valence-corrected chi connectivity index (χ4v) is 5.90. The summed E-state index contributed by atoms with van der Waals surface area (Å²) in [5.74, 6) is 2.02. The molecular formula is C29H31ClN6O3. The van der Waals surface area contributed by atoms with Crippen molar-refractivity contribution < 1.29 is 9.26 Å². The first-order chi connectivity index (χ1) is 19.0. The topological polar surface area (TPSA) is 108 Å². The van der Waals surface area contributed by atoms with Crippen LogP contribution >= 0.6 is 11.6 Å². The van der Waals surface area contributed by atoms with Gasteiger partial charge in [-0.1, -0.05) is 79.0 Å². The third-order valence-electron chi connectivity index (χ3n) is 7.74. The van der Waals surface area contributed by atoms with E-state index in [9.17, 15) is 4.79 Å². The number of benzene rings is 2. The van der Waals surface area contributed by atoms with E-state index >= 15 is 0 Å². The Balaban J connectivity index is 1.49. The lowest BCUT2D eigenvalue weighted by atomic mass is 9.82. The number of nitrogens with zero attached hydrogens (tertiary/aromatic N) is 4. The molecule has 3 aromatic rings. The molecule has 3 heterocycles. The number of amidine groups is 2. The van der Waals surface area contributed by atoms with Gasteiger partial charge < -0.3 is 15.0 Å². The maximum Gasteiger partial charge on any atom is 0.439 e. The van der Waals surface area contributed by atoms with Crippen molar-refractivity contribution in [1.29, 1.82) is 0 Å². The molecule has 2 aromatic carbocycles. The van der Waals surface area contributed by atoms with Crippen LogP contribution in [0, 0.1) is 11.8 Å². The Morgan fingerprint density at radius 2 is 1.92 bits per heavy atom. The number of fused-ring (bicyclic) bond motifs is 1.